The van der Waals surface area contributed by atoms with Gasteiger partial charge in [0.05, 0.1) is 12.8 Å². The maximum atomic E-state index is 12.5. The number of carbonyl (C=O) groups excluding carboxylic acids is 1. The molecule has 0 aromatic heterocycles. The molecule has 0 heterocycles. The number of hydrogen-bond donors (Lipinski definition) is 1. The average molecular weight is 313 g/mol. The van der Waals surface area contributed by atoms with E-state index in [9.17, 15) is 9.59 Å². The van der Waals surface area contributed by atoms with Gasteiger partial charge in [-0.3, -0.25) is 9.59 Å². The van der Waals surface area contributed by atoms with Crippen molar-refractivity contribution >= 4 is 22.6 Å². The Morgan fingerprint density at radius 1 is 1.09 bits per heavy atom. The molecule has 0 unspecified atom stereocenters. The third-order valence-electron chi connectivity index (χ3n) is 3.70. The number of aliphatic carboxylic acids is 1. The number of carbonyl (C=O) groups is 2. The van der Waals surface area contributed by atoms with Crippen LogP contribution in [0.25, 0.3) is 10.8 Å². The molecule has 0 spiro atoms. The van der Waals surface area contributed by atoms with E-state index < -0.39 is 5.97 Å². The van der Waals surface area contributed by atoms with Crippen LogP contribution in [0.3, 0.4) is 0 Å². The third kappa shape index (κ3) is 5.09. The fourth-order valence-electron chi connectivity index (χ4n) is 2.62. The summed E-state index contributed by atoms with van der Waals surface area (Å²) in [5.74, 6) is -0.586. The fraction of sp³-hybridized carbons (Fsp3) is 0.368. The number of rotatable bonds is 7. The predicted molar refractivity (Wildman–Crippen MR) is 91.3 cm³/mol. The predicted octanol–water partition coefficient (Wildman–Crippen LogP) is 3.34. The zero-order valence-electron chi connectivity index (χ0n) is 13.7. The Kier molecular flexibility index (Phi) is 5.74. The topological polar surface area (TPSA) is 57.6 Å². The van der Waals surface area contributed by atoms with E-state index in [1.807, 2.05) is 56.3 Å². The Morgan fingerprint density at radius 3 is 2.43 bits per heavy atom. The van der Waals surface area contributed by atoms with Gasteiger partial charge in [-0.2, -0.15) is 0 Å². The summed E-state index contributed by atoms with van der Waals surface area (Å²) < 4.78 is 0. The van der Waals surface area contributed by atoms with Crippen LogP contribution in [-0.4, -0.2) is 35.0 Å². The molecule has 0 aliphatic carbocycles. The first kappa shape index (κ1) is 17.0. The lowest BCUT2D eigenvalue weighted by Crippen LogP contribution is -2.37. The second-order valence-electron chi connectivity index (χ2n) is 6.24. The standard InChI is InChI=1S/C19H23NO3/c1-14(2)13-20(10-9-19(22)23)18(21)12-15-7-8-16-5-3-4-6-17(16)11-15/h3-8,11,14H,9-10,12-13H2,1-2H3,(H,22,23). The van der Waals surface area contributed by atoms with Crippen molar-refractivity contribution in [3.05, 3.63) is 48.0 Å². The normalized spacial score (nSPS) is 10.9. The number of hydrogen-bond acceptors (Lipinski definition) is 2. The highest BCUT2D eigenvalue weighted by Gasteiger charge is 2.16. The summed E-state index contributed by atoms with van der Waals surface area (Å²) >= 11 is 0. The van der Waals surface area contributed by atoms with Gasteiger partial charge in [0.1, 0.15) is 0 Å². The maximum Gasteiger partial charge on any atom is 0.305 e. The van der Waals surface area contributed by atoms with Crippen LogP contribution in [0, 0.1) is 5.92 Å². The third-order valence-corrected chi connectivity index (χ3v) is 3.70. The maximum absolute atomic E-state index is 12.5. The number of carboxylic acids is 1. The van der Waals surface area contributed by atoms with E-state index in [1.54, 1.807) is 4.90 Å². The van der Waals surface area contributed by atoms with Gasteiger partial charge in [0, 0.05) is 13.1 Å². The van der Waals surface area contributed by atoms with E-state index in [0.717, 1.165) is 16.3 Å². The molecule has 0 atom stereocenters. The highest BCUT2D eigenvalue weighted by Crippen LogP contribution is 2.16. The average Bonchev–Trinajstić information content (AvgIpc) is 2.50. The first-order valence-electron chi connectivity index (χ1n) is 7.93. The molecule has 2 aromatic carbocycles. The van der Waals surface area contributed by atoms with Crippen molar-refractivity contribution in [1.29, 1.82) is 0 Å². The Morgan fingerprint density at radius 2 is 1.78 bits per heavy atom. The van der Waals surface area contributed by atoms with Crippen molar-refractivity contribution in [3.63, 3.8) is 0 Å². The van der Waals surface area contributed by atoms with E-state index in [-0.39, 0.29) is 18.9 Å². The minimum absolute atomic E-state index is 0.0177. The van der Waals surface area contributed by atoms with Crippen LogP contribution in [-0.2, 0) is 16.0 Å². The summed E-state index contributed by atoms with van der Waals surface area (Å²) in [7, 11) is 0. The quantitative estimate of drug-likeness (QED) is 0.853. The fourth-order valence-corrected chi connectivity index (χ4v) is 2.62. The van der Waals surface area contributed by atoms with Crippen LogP contribution in [0.2, 0.25) is 0 Å². The molecule has 4 nitrogen and oxygen atoms in total. The summed E-state index contributed by atoms with van der Waals surface area (Å²) in [5.41, 5.74) is 0.956. The van der Waals surface area contributed by atoms with Gasteiger partial charge in [-0.15, -0.1) is 0 Å². The van der Waals surface area contributed by atoms with Crippen molar-refractivity contribution in [1.82, 2.24) is 4.90 Å². The first-order chi connectivity index (χ1) is 11.0. The van der Waals surface area contributed by atoms with E-state index in [1.165, 1.54) is 0 Å². The van der Waals surface area contributed by atoms with E-state index in [4.69, 9.17) is 5.11 Å². The van der Waals surface area contributed by atoms with Crippen LogP contribution in [0.5, 0.6) is 0 Å². The molecule has 2 rings (SSSR count). The summed E-state index contributed by atoms with van der Waals surface area (Å²) in [6, 6.07) is 14.0. The highest BCUT2D eigenvalue weighted by atomic mass is 16.4. The van der Waals surface area contributed by atoms with E-state index >= 15 is 0 Å². The summed E-state index contributed by atoms with van der Waals surface area (Å²) in [6.45, 7) is 4.90. The molecule has 0 fully saturated rings. The molecule has 4 heteroatoms. The van der Waals surface area contributed by atoms with Crippen LogP contribution in [0.1, 0.15) is 25.8 Å². The molecule has 0 saturated carbocycles. The summed E-state index contributed by atoms with van der Waals surface area (Å²) in [6.07, 6.45) is 0.285. The lowest BCUT2D eigenvalue weighted by atomic mass is 10.0. The monoisotopic (exact) mass is 313 g/mol. The van der Waals surface area contributed by atoms with Crippen molar-refractivity contribution in [2.24, 2.45) is 5.92 Å². The van der Waals surface area contributed by atoms with Gasteiger partial charge in [0.2, 0.25) is 5.91 Å². The summed E-state index contributed by atoms with van der Waals surface area (Å²) in [4.78, 5) is 25.0. The Balaban J connectivity index is 2.10. The molecule has 0 aliphatic heterocycles. The lowest BCUT2D eigenvalue weighted by Gasteiger charge is -2.24. The van der Waals surface area contributed by atoms with Gasteiger partial charge in [0.15, 0.2) is 0 Å². The lowest BCUT2D eigenvalue weighted by molar-refractivity contribution is -0.138. The molecular weight excluding hydrogens is 290 g/mol. The van der Waals surface area contributed by atoms with Gasteiger partial charge in [-0.1, -0.05) is 56.3 Å². The van der Waals surface area contributed by atoms with Crippen molar-refractivity contribution in [2.45, 2.75) is 26.7 Å². The molecular formula is C19H23NO3. The van der Waals surface area contributed by atoms with Crippen molar-refractivity contribution in [3.8, 4) is 0 Å². The number of carboxylic acid groups (broad SMARTS) is 1. The smallest absolute Gasteiger partial charge is 0.305 e. The van der Waals surface area contributed by atoms with Gasteiger partial charge in [-0.25, -0.2) is 0 Å². The number of benzene rings is 2. The van der Waals surface area contributed by atoms with Crippen LogP contribution < -0.4 is 0 Å². The molecule has 23 heavy (non-hydrogen) atoms. The van der Waals surface area contributed by atoms with Crippen molar-refractivity contribution < 1.29 is 14.7 Å². The van der Waals surface area contributed by atoms with Crippen LogP contribution in [0.4, 0.5) is 0 Å². The number of nitrogens with zero attached hydrogens (tertiary/aromatic N) is 1. The van der Waals surface area contributed by atoms with Crippen LogP contribution >= 0.6 is 0 Å². The van der Waals surface area contributed by atoms with Gasteiger partial charge < -0.3 is 10.0 Å². The van der Waals surface area contributed by atoms with Gasteiger partial charge >= 0.3 is 5.97 Å². The second-order valence-corrected chi connectivity index (χ2v) is 6.24. The second kappa shape index (κ2) is 7.77. The van der Waals surface area contributed by atoms with Crippen molar-refractivity contribution in [2.75, 3.05) is 13.1 Å². The largest absolute Gasteiger partial charge is 0.481 e. The highest BCUT2D eigenvalue weighted by molar-refractivity contribution is 5.85. The Hall–Kier alpha value is -2.36. The van der Waals surface area contributed by atoms with Crippen LogP contribution in [0.15, 0.2) is 42.5 Å². The SMILES string of the molecule is CC(C)CN(CCC(=O)O)C(=O)Cc1ccc2ccccc2c1. The Labute approximate surface area is 136 Å². The van der Waals surface area contributed by atoms with Gasteiger partial charge in [0.25, 0.3) is 0 Å². The Bertz CT molecular complexity index is 694. The first-order valence-corrected chi connectivity index (χ1v) is 7.93. The van der Waals surface area contributed by atoms with E-state index in [0.29, 0.717) is 18.9 Å². The number of amides is 1. The number of fused-ring (bicyclic) bond motifs is 1. The molecule has 1 amide bonds. The molecule has 2 aromatic rings. The summed E-state index contributed by atoms with van der Waals surface area (Å²) in [5, 5.41) is 11.1. The molecule has 1 N–H and O–H groups in total. The minimum Gasteiger partial charge on any atom is -0.481 e. The van der Waals surface area contributed by atoms with Gasteiger partial charge in [-0.05, 0) is 22.3 Å². The van der Waals surface area contributed by atoms with E-state index in [2.05, 4.69) is 0 Å². The minimum atomic E-state index is -0.878. The molecule has 0 radical (unpaired) electrons. The molecule has 0 aliphatic rings. The zero-order chi connectivity index (χ0) is 16.8. The zero-order valence-corrected chi connectivity index (χ0v) is 13.7. The molecule has 0 bridgehead atoms. The molecule has 0 saturated heterocycles. The molecule has 122 valence electrons.